The van der Waals surface area contributed by atoms with E-state index in [1.54, 1.807) is 24.3 Å². The van der Waals surface area contributed by atoms with Crippen molar-refractivity contribution >= 4 is 17.5 Å². The Bertz CT molecular complexity index is 738. The molecule has 0 fully saturated rings. The number of para-hydroxylation sites is 1. The number of rotatable bonds is 7. The van der Waals surface area contributed by atoms with Gasteiger partial charge in [-0.1, -0.05) is 18.2 Å². The Labute approximate surface area is 144 Å². The van der Waals surface area contributed by atoms with Crippen LogP contribution in [0.1, 0.15) is 6.92 Å². The Kier molecular flexibility index (Phi) is 6.45. The maximum Gasteiger partial charge on any atom is 0.258 e. The fourth-order valence-corrected chi connectivity index (χ4v) is 2.17. The van der Waals surface area contributed by atoms with E-state index in [4.69, 9.17) is 4.74 Å². The molecule has 0 aliphatic heterocycles. The lowest BCUT2D eigenvalue weighted by Gasteiger charge is -2.22. The van der Waals surface area contributed by atoms with Gasteiger partial charge in [-0.2, -0.15) is 0 Å². The molecule has 1 N–H and O–H groups in total. The number of nitrogens with one attached hydrogen (secondary N) is 1. The molecule has 0 heterocycles. The van der Waals surface area contributed by atoms with Gasteiger partial charge in [0.25, 0.3) is 5.91 Å². The van der Waals surface area contributed by atoms with E-state index < -0.39 is 17.5 Å². The fourth-order valence-electron chi connectivity index (χ4n) is 2.17. The molecule has 0 unspecified atom stereocenters. The van der Waals surface area contributed by atoms with Crippen molar-refractivity contribution in [1.82, 2.24) is 5.32 Å². The summed E-state index contributed by atoms with van der Waals surface area (Å²) in [5, 5.41) is 2.58. The molecular formula is C18H18F2N2O3. The third-order valence-electron chi connectivity index (χ3n) is 3.35. The zero-order valence-electron chi connectivity index (χ0n) is 13.7. The van der Waals surface area contributed by atoms with E-state index in [-0.39, 0.29) is 31.3 Å². The van der Waals surface area contributed by atoms with Crippen molar-refractivity contribution in [3.05, 3.63) is 60.2 Å². The van der Waals surface area contributed by atoms with E-state index in [1.165, 1.54) is 13.0 Å². The summed E-state index contributed by atoms with van der Waals surface area (Å²) < 4.78 is 32.1. The summed E-state index contributed by atoms with van der Waals surface area (Å²) in [5.41, 5.74) is -0.0383. The number of carbonyl (C=O) groups is 2. The Balaban J connectivity index is 1.85. The van der Waals surface area contributed by atoms with Crippen molar-refractivity contribution in [1.29, 1.82) is 0 Å². The van der Waals surface area contributed by atoms with Gasteiger partial charge in [-0.25, -0.2) is 8.78 Å². The number of amides is 2. The van der Waals surface area contributed by atoms with E-state index in [1.807, 2.05) is 6.07 Å². The molecule has 2 amide bonds. The van der Waals surface area contributed by atoms with Gasteiger partial charge in [0.05, 0.1) is 5.69 Å². The number of halogens is 2. The smallest absolute Gasteiger partial charge is 0.258 e. The summed E-state index contributed by atoms with van der Waals surface area (Å²) in [4.78, 5) is 24.6. The maximum absolute atomic E-state index is 13.8. The highest BCUT2D eigenvalue weighted by atomic mass is 19.1. The summed E-state index contributed by atoms with van der Waals surface area (Å²) >= 11 is 0. The van der Waals surface area contributed by atoms with Crippen LogP contribution in [0.15, 0.2) is 48.5 Å². The second-order valence-corrected chi connectivity index (χ2v) is 5.22. The minimum Gasteiger partial charge on any atom is -0.484 e. The minimum absolute atomic E-state index is 0.0383. The largest absolute Gasteiger partial charge is 0.484 e. The summed E-state index contributed by atoms with van der Waals surface area (Å²) in [7, 11) is 0. The molecule has 25 heavy (non-hydrogen) atoms. The minimum atomic E-state index is -0.839. The molecule has 0 aliphatic rings. The molecule has 2 aromatic carbocycles. The third-order valence-corrected chi connectivity index (χ3v) is 3.35. The Morgan fingerprint density at radius 3 is 2.48 bits per heavy atom. The van der Waals surface area contributed by atoms with Crippen LogP contribution in [0.25, 0.3) is 0 Å². The normalized spacial score (nSPS) is 10.2. The molecule has 0 bridgehead atoms. The standard InChI is InChI=1S/C18H18F2N2O3/c1-13(23)22(17-8-7-14(19)11-16(17)20)10-9-21-18(24)12-25-15-5-3-2-4-6-15/h2-8,11H,9-10,12H2,1H3,(H,21,24). The van der Waals surface area contributed by atoms with Crippen LogP contribution in [0.4, 0.5) is 14.5 Å². The monoisotopic (exact) mass is 348 g/mol. The molecule has 5 nitrogen and oxygen atoms in total. The molecule has 0 saturated heterocycles. The van der Waals surface area contributed by atoms with Gasteiger partial charge < -0.3 is 15.0 Å². The van der Waals surface area contributed by atoms with Crippen LogP contribution in [0.3, 0.4) is 0 Å². The number of carbonyl (C=O) groups excluding carboxylic acids is 2. The van der Waals surface area contributed by atoms with Gasteiger partial charge in [-0.15, -0.1) is 0 Å². The molecular weight excluding hydrogens is 330 g/mol. The molecule has 0 aliphatic carbocycles. The highest BCUT2D eigenvalue weighted by Gasteiger charge is 2.16. The van der Waals surface area contributed by atoms with Crippen LogP contribution >= 0.6 is 0 Å². The molecule has 0 saturated carbocycles. The Morgan fingerprint density at radius 1 is 1.12 bits per heavy atom. The zero-order valence-corrected chi connectivity index (χ0v) is 13.7. The van der Waals surface area contributed by atoms with Gasteiger partial charge in [0.2, 0.25) is 5.91 Å². The van der Waals surface area contributed by atoms with Crippen LogP contribution in [0, 0.1) is 11.6 Å². The highest BCUT2D eigenvalue weighted by Crippen LogP contribution is 2.20. The van der Waals surface area contributed by atoms with Crippen LogP contribution < -0.4 is 15.0 Å². The van der Waals surface area contributed by atoms with Gasteiger partial charge in [-0.3, -0.25) is 9.59 Å². The van der Waals surface area contributed by atoms with Crippen molar-refractivity contribution in [2.75, 3.05) is 24.6 Å². The Hall–Kier alpha value is -2.96. The second kappa shape index (κ2) is 8.77. The van der Waals surface area contributed by atoms with Crippen molar-refractivity contribution in [2.45, 2.75) is 6.92 Å². The predicted molar refractivity (Wildman–Crippen MR) is 89.3 cm³/mol. The first-order chi connectivity index (χ1) is 12.0. The van der Waals surface area contributed by atoms with Crippen molar-refractivity contribution in [2.24, 2.45) is 0 Å². The number of nitrogens with zero attached hydrogens (tertiary/aromatic N) is 1. The topological polar surface area (TPSA) is 58.6 Å². The number of benzene rings is 2. The highest BCUT2D eigenvalue weighted by molar-refractivity contribution is 5.91. The molecule has 132 valence electrons. The molecule has 2 aromatic rings. The zero-order chi connectivity index (χ0) is 18.2. The lowest BCUT2D eigenvalue weighted by atomic mass is 10.2. The average Bonchev–Trinajstić information content (AvgIpc) is 2.58. The Morgan fingerprint density at radius 2 is 1.84 bits per heavy atom. The summed E-state index contributed by atoms with van der Waals surface area (Å²) in [6, 6.07) is 11.8. The van der Waals surface area contributed by atoms with Gasteiger partial charge in [0.15, 0.2) is 6.61 Å². The molecule has 0 atom stereocenters. The molecule has 0 aromatic heterocycles. The van der Waals surface area contributed by atoms with E-state index in [0.717, 1.165) is 11.0 Å². The summed E-state index contributed by atoms with van der Waals surface area (Å²) in [6.45, 7) is 1.25. The lowest BCUT2D eigenvalue weighted by molar-refractivity contribution is -0.123. The molecule has 0 radical (unpaired) electrons. The number of hydrogen-bond acceptors (Lipinski definition) is 3. The molecule has 2 rings (SSSR count). The van der Waals surface area contributed by atoms with Gasteiger partial charge >= 0.3 is 0 Å². The first kappa shape index (κ1) is 18.4. The SMILES string of the molecule is CC(=O)N(CCNC(=O)COc1ccccc1)c1ccc(F)cc1F. The average molecular weight is 348 g/mol. The van der Waals surface area contributed by atoms with Crippen LogP contribution in [0.5, 0.6) is 5.75 Å². The first-order valence-corrected chi connectivity index (χ1v) is 7.65. The van der Waals surface area contributed by atoms with Crippen molar-refractivity contribution in [3.8, 4) is 5.75 Å². The number of hydrogen-bond donors (Lipinski definition) is 1. The van der Waals surface area contributed by atoms with E-state index in [9.17, 15) is 18.4 Å². The summed E-state index contributed by atoms with van der Waals surface area (Å²) in [5.74, 6) is -1.78. The predicted octanol–water partition coefficient (Wildman–Crippen LogP) is 2.51. The first-order valence-electron chi connectivity index (χ1n) is 7.65. The van der Waals surface area contributed by atoms with E-state index in [0.29, 0.717) is 11.8 Å². The van der Waals surface area contributed by atoms with E-state index >= 15 is 0 Å². The van der Waals surface area contributed by atoms with Gasteiger partial charge in [0.1, 0.15) is 17.4 Å². The van der Waals surface area contributed by atoms with E-state index in [2.05, 4.69) is 5.32 Å². The summed E-state index contributed by atoms with van der Waals surface area (Å²) in [6.07, 6.45) is 0. The second-order valence-electron chi connectivity index (χ2n) is 5.22. The third kappa shape index (κ3) is 5.56. The van der Waals surface area contributed by atoms with Crippen molar-refractivity contribution < 1.29 is 23.1 Å². The number of ether oxygens (including phenoxy) is 1. The van der Waals surface area contributed by atoms with Gasteiger partial charge in [0, 0.05) is 26.1 Å². The fraction of sp³-hybridized carbons (Fsp3) is 0.222. The van der Waals surface area contributed by atoms with Crippen LogP contribution in [-0.4, -0.2) is 31.5 Å². The molecule has 7 heteroatoms. The molecule has 0 spiro atoms. The van der Waals surface area contributed by atoms with Crippen molar-refractivity contribution in [3.63, 3.8) is 0 Å². The maximum atomic E-state index is 13.8. The lowest BCUT2D eigenvalue weighted by Crippen LogP contribution is -2.39. The van der Waals surface area contributed by atoms with Crippen LogP contribution in [0.2, 0.25) is 0 Å². The van der Waals surface area contributed by atoms with Gasteiger partial charge in [-0.05, 0) is 24.3 Å². The van der Waals surface area contributed by atoms with Crippen LogP contribution in [-0.2, 0) is 9.59 Å². The quantitative estimate of drug-likeness (QED) is 0.836. The number of anilines is 1.